The van der Waals surface area contributed by atoms with E-state index in [0.717, 1.165) is 44.3 Å². The van der Waals surface area contributed by atoms with Crippen molar-refractivity contribution in [2.24, 2.45) is 0 Å². The highest BCUT2D eigenvalue weighted by Crippen LogP contribution is 2.22. The van der Waals surface area contributed by atoms with Crippen molar-refractivity contribution in [3.8, 4) is 0 Å². The SMILES string of the molecule is O=C(NC[C@@H](c1ccc(F)cc1)N1CCOCC1)C(=O)NC1CCCC1. The first kappa shape index (κ1) is 18.8. The molecule has 7 heteroatoms. The van der Waals surface area contributed by atoms with Crippen LogP contribution in [0.5, 0.6) is 0 Å². The molecule has 1 heterocycles. The minimum absolute atomic E-state index is 0.111. The predicted octanol–water partition coefficient (Wildman–Crippen LogP) is 1.37. The fourth-order valence-corrected chi connectivity index (χ4v) is 3.62. The summed E-state index contributed by atoms with van der Waals surface area (Å²) in [6, 6.07) is 6.26. The Bertz CT molecular complexity index is 611. The van der Waals surface area contributed by atoms with E-state index in [1.165, 1.54) is 12.1 Å². The average Bonchev–Trinajstić information content (AvgIpc) is 3.17. The molecule has 1 saturated heterocycles. The highest BCUT2D eigenvalue weighted by molar-refractivity contribution is 6.35. The maximum Gasteiger partial charge on any atom is 0.309 e. The summed E-state index contributed by atoms with van der Waals surface area (Å²) >= 11 is 0. The number of halogens is 1. The molecule has 142 valence electrons. The molecule has 2 fully saturated rings. The van der Waals surface area contributed by atoms with Crippen LogP contribution in [0.15, 0.2) is 24.3 Å². The van der Waals surface area contributed by atoms with Crippen molar-refractivity contribution in [1.82, 2.24) is 15.5 Å². The van der Waals surface area contributed by atoms with Crippen LogP contribution < -0.4 is 10.6 Å². The molecule has 1 aliphatic heterocycles. The first-order chi connectivity index (χ1) is 12.6. The van der Waals surface area contributed by atoms with Gasteiger partial charge in [0.2, 0.25) is 0 Å². The Hall–Kier alpha value is -1.99. The van der Waals surface area contributed by atoms with Crippen molar-refractivity contribution in [3.05, 3.63) is 35.6 Å². The molecule has 3 rings (SSSR count). The first-order valence-corrected chi connectivity index (χ1v) is 9.29. The van der Waals surface area contributed by atoms with Crippen molar-refractivity contribution in [2.45, 2.75) is 37.8 Å². The summed E-state index contributed by atoms with van der Waals surface area (Å²) in [4.78, 5) is 26.4. The first-order valence-electron chi connectivity index (χ1n) is 9.29. The number of amides is 2. The summed E-state index contributed by atoms with van der Waals surface area (Å²) in [7, 11) is 0. The standard InChI is InChI=1S/C19H26FN3O3/c20-15-7-5-14(6-8-15)17(23-9-11-26-12-10-23)13-21-18(24)19(25)22-16-3-1-2-4-16/h5-8,16-17H,1-4,9-13H2,(H,21,24)(H,22,25)/t17-/m0/s1. The van der Waals surface area contributed by atoms with E-state index in [0.29, 0.717) is 19.8 Å². The summed E-state index contributed by atoms with van der Waals surface area (Å²) in [6.45, 7) is 2.99. The lowest BCUT2D eigenvalue weighted by molar-refractivity contribution is -0.139. The third-order valence-electron chi connectivity index (χ3n) is 5.09. The predicted molar refractivity (Wildman–Crippen MR) is 94.9 cm³/mol. The van der Waals surface area contributed by atoms with Crippen molar-refractivity contribution < 1.29 is 18.7 Å². The van der Waals surface area contributed by atoms with Gasteiger partial charge < -0.3 is 15.4 Å². The number of rotatable bonds is 5. The third-order valence-corrected chi connectivity index (χ3v) is 5.09. The number of carbonyl (C=O) groups is 2. The molecule has 0 aromatic heterocycles. The topological polar surface area (TPSA) is 70.7 Å². The molecule has 1 saturated carbocycles. The molecular weight excluding hydrogens is 337 g/mol. The lowest BCUT2D eigenvalue weighted by Crippen LogP contribution is -2.48. The fraction of sp³-hybridized carbons (Fsp3) is 0.579. The molecule has 1 atom stereocenters. The van der Waals surface area contributed by atoms with Crippen LogP contribution in [-0.2, 0) is 14.3 Å². The molecule has 0 spiro atoms. The number of nitrogens with one attached hydrogen (secondary N) is 2. The molecule has 2 amide bonds. The monoisotopic (exact) mass is 363 g/mol. The number of nitrogens with zero attached hydrogens (tertiary/aromatic N) is 1. The van der Waals surface area contributed by atoms with Gasteiger partial charge in [-0.2, -0.15) is 0 Å². The van der Waals surface area contributed by atoms with Crippen molar-refractivity contribution >= 4 is 11.8 Å². The van der Waals surface area contributed by atoms with E-state index >= 15 is 0 Å². The molecule has 1 aromatic rings. The maximum atomic E-state index is 13.2. The van der Waals surface area contributed by atoms with Crippen LogP contribution in [0, 0.1) is 5.82 Å². The van der Waals surface area contributed by atoms with E-state index in [9.17, 15) is 14.0 Å². The van der Waals surface area contributed by atoms with Crippen LogP contribution in [0.2, 0.25) is 0 Å². The summed E-state index contributed by atoms with van der Waals surface area (Å²) in [6.07, 6.45) is 4.06. The number of morpholine rings is 1. The summed E-state index contributed by atoms with van der Waals surface area (Å²) < 4.78 is 18.6. The van der Waals surface area contributed by atoms with Gasteiger partial charge in [0.15, 0.2) is 0 Å². The van der Waals surface area contributed by atoms with Gasteiger partial charge in [-0.3, -0.25) is 14.5 Å². The largest absolute Gasteiger partial charge is 0.379 e. The normalized spacial score (nSPS) is 19.9. The molecule has 2 N–H and O–H groups in total. The van der Waals surface area contributed by atoms with E-state index in [1.54, 1.807) is 12.1 Å². The van der Waals surface area contributed by atoms with Crippen molar-refractivity contribution in [2.75, 3.05) is 32.8 Å². The summed E-state index contributed by atoms with van der Waals surface area (Å²) in [5.41, 5.74) is 0.907. The molecule has 26 heavy (non-hydrogen) atoms. The number of hydrogen-bond acceptors (Lipinski definition) is 4. The lowest BCUT2D eigenvalue weighted by Gasteiger charge is -2.34. The molecular formula is C19H26FN3O3. The van der Waals surface area contributed by atoms with Gasteiger partial charge in [0.25, 0.3) is 0 Å². The fourth-order valence-electron chi connectivity index (χ4n) is 3.62. The van der Waals surface area contributed by atoms with Crippen LogP contribution in [0.1, 0.15) is 37.3 Å². The lowest BCUT2D eigenvalue weighted by atomic mass is 10.0. The van der Waals surface area contributed by atoms with Crippen molar-refractivity contribution in [3.63, 3.8) is 0 Å². The second-order valence-electron chi connectivity index (χ2n) is 6.88. The quantitative estimate of drug-likeness (QED) is 0.776. The summed E-state index contributed by atoms with van der Waals surface area (Å²) in [5, 5.41) is 5.53. The number of carbonyl (C=O) groups excluding carboxylic acids is 2. The van der Waals surface area contributed by atoms with Gasteiger partial charge in [0.05, 0.1) is 19.3 Å². The second-order valence-corrected chi connectivity index (χ2v) is 6.88. The Balaban J connectivity index is 1.60. The number of benzene rings is 1. The van der Waals surface area contributed by atoms with Gasteiger partial charge in [-0.15, -0.1) is 0 Å². The van der Waals surface area contributed by atoms with Gasteiger partial charge in [-0.25, -0.2) is 4.39 Å². The van der Waals surface area contributed by atoms with Crippen LogP contribution in [0.4, 0.5) is 4.39 Å². The molecule has 6 nitrogen and oxygen atoms in total. The van der Waals surface area contributed by atoms with E-state index in [2.05, 4.69) is 15.5 Å². The molecule has 0 bridgehead atoms. The van der Waals surface area contributed by atoms with Gasteiger partial charge in [-0.05, 0) is 30.5 Å². The molecule has 1 aromatic carbocycles. The van der Waals surface area contributed by atoms with Crippen LogP contribution >= 0.6 is 0 Å². The van der Waals surface area contributed by atoms with E-state index in [4.69, 9.17) is 4.74 Å². The average molecular weight is 363 g/mol. The molecule has 1 aliphatic carbocycles. The highest BCUT2D eigenvalue weighted by atomic mass is 19.1. The Morgan fingerprint density at radius 2 is 1.77 bits per heavy atom. The Morgan fingerprint density at radius 1 is 1.12 bits per heavy atom. The number of hydrogen-bond donors (Lipinski definition) is 2. The maximum absolute atomic E-state index is 13.2. The van der Waals surface area contributed by atoms with E-state index < -0.39 is 11.8 Å². The minimum Gasteiger partial charge on any atom is -0.379 e. The van der Waals surface area contributed by atoms with Crippen molar-refractivity contribution in [1.29, 1.82) is 0 Å². The van der Waals surface area contributed by atoms with Gasteiger partial charge in [-0.1, -0.05) is 25.0 Å². The molecule has 0 unspecified atom stereocenters. The van der Waals surface area contributed by atoms with Gasteiger partial charge in [0, 0.05) is 25.7 Å². The molecule has 2 aliphatic rings. The Morgan fingerprint density at radius 3 is 2.42 bits per heavy atom. The third kappa shape index (κ3) is 5.02. The van der Waals surface area contributed by atoms with Crippen LogP contribution in [0.3, 0.4) is 0 Å². The van der Waals surface area contributed by atoms with E-state index in [1.807, 2.05) is 0 Å². The number of ether oxygens (including phenoxy) is 1. The molecule has 0 radical (unpaired) electrons. The van der Waals surface area contributed by atoms with E-state index in [-0.39, 0.29) is 17.9 Å². The highest BCUT2D eigenvalue weighted by Gasteiger charge is 2.26. The van der Waals surface area contributed by atoms with Gasteiger partial charge >= 0.3 is 11.8 Å². The Kier molecular flexibility index (Phi) is 6.57. The smallest absolute Gasteiger partial charge is 0.309 e. The minimum atomic E-state index is -0.614. The van der Waals surface area contributed by atoms with Crippen LogP contribution in [-0.4, -0.2) is 55.6 Å². The second kappa shape index (κ2) is 9.09. The van der Waals surface area contributed by atoms with Gasteiger partial charge in [0.1, 0.15) is 5.82 Å². The van der Waals surface area contributed by atoms with Crippen LogP contribution in [0.25, 0.3) is 0 Å². The zero-order chi connectivity index (χ0) is 18.4. The zero-order valence-electron chi connectivity index (χ0n) is 14.9. The summed E-state index contributed by atoms with van der Waals surface area (Å²) in [5.74, 6) is -1.48. The zero-order valence-corrected chi connectivity index (χ0v) is 14.9. The Labute approximate surface area is 153 Å².